The highest BCUT2D eigenvalue weighted by molar-refractivity contribution is 7.91. The molecular weight excluding hydrogens is 294 g/mol. The SMILES string of the molecule is O=S1(=O)CCC(Nc2nncc(NCC3CCCO3)n2)C1. The number of nitrogens with one attached hydrogen (secondary N) is 2. The van der Waals surface area contributed by atoms with Crippen molar-refractivity contribution in [3.05, 3.63) is 6.20 Å². The summed E-state index contributed by atoms with van der Waals surface area (Å²) in [7, 11) is -2.92. The first-order chi connectivity index (χ1) is 10.1. The van der Waals surface area contributed by atoms with Crippen molar-refractivity contribution in [3.8, 4) is 0 Å². The van der Waals surface area contributed by atoms with E-state index in [4.69, 9.17) is 4.74 Å². The van der Waals surface area contributed by atoms with Crippen LogP contribution < -0.4 is 10.6 Å². The molecule has 2 saturated heterocycles. The van der Waals surface area contributed by atoms with Crippen LogP contribution in [0.2, 0.25) is 0 Å². The first kappa shape index (κ1) is 14.5. The molecule has 2 aliphatic rings. The van der Waals surface area contributed by atoms with E-state index in [0.717, 1.165) is 19.4 Å². The van der Waals surface area contributed by atoms with Gasteiger partial charge in [-0.1, -0.05) is 0 Å². The maximum absolute atomic E-state index is 11.4. The van der Waals surface area contributed by atoms with E-state index >= 15 is 0 Å². The molecule has 0 saturated carbocycles. The third kappa shape index (κ3) is 4.01. The lowest BCUT2D eigenvalue weighted by atomic mass is 10.2. The summed E-state index contributed by atoms with van der Waals surface area (Å²) in [5.74, 6) is 1.32. The van der Waals surface area contributed by atoms with Gasteiger partial charge in [-0.25, -0.2) is 8.42 Å². The number of anilines is 2. The second kappa shape index (κ2) is 6.10. The third-order valence-corrected chi connectivity index (χ3v) is 5.43. The van der Waals surface area contributed by atoms with Gasteiger partial charge in [-0.15, -0.1) is 5.10 Å². The van der Waals surface area contributed by atoms with Crippen molar-refractivity contribution >= 4 is 21.6 Å². The van der Waals surface area contributed by atoms with Gasteiger partial charge in [-0.3, -0.25) is 0 Å². The van der Waals surface area contributed by atoms with Gasteiger partial charge in [0, 0.05) is 19.2 Å². The Morgan fingerprint density at radius 2 is 2.29 bits per heavy atom. The van der Waals surface area contributed by atoms with Crippen LogP contribution in [0.15, 0.2) is 6.20 Å². The van der Waals surface area contributed by atoms with Crippen LogP contribution in [0.3, 0.4) is 0 Å². The minimum atomic E-state index is -2.92. The molecule has 3 heterocycles. The Bertz CT molecular complexity index is 588. The minimum Gasteiger partial charge on any atom is -0.376 e. The minimum absolute atomic E-state index is 0.129. The monoisotopic (exact) mass is 313 g/mol. The van der Waals surface area contributed by atoms with Crippen molar-refractivity contribution in [1.29, 1.82) is 0 Å². The Balaban J connectivity index is 1.55. The molecule has 0 aromatic carbocycles. The molecule has 0 radical (unpaired) electrons. The molecule has 2 unspecified atom stereocenters. The Hall–Kier alpha value is -1.48. The lowest BCUT2D eigenvalue weighted by molar-refractivity contribution is 0.120. The summed E-state index contributed by atoms with van der Waals surface area (Å²) >= 11 is 0. The van der Waals surface area contributed by atoms with E-state index in [-0.39, 0.29) is 23.7 Å². The van der Waals surface area contributed by atoms with Crippen LogP contribution >= 0.6 is 0 Å². The number of hydrogen-bond donors (Lipinski definition) is 2. The lowest BCUT2D eigenvalue weighted by Gasteiger charge is -2.13. The molecule has 0 spiro atoms. The molecule has 1 aromatic heterocycles. The first-order valence-electron chi connectivity index (χ1n) is 7.13. The van der Waals surface area contributed by atoms with Gasteiger partial charge >= 0.3 is 0 Å². The zero-order valence-corrected chi connectivity index (χ0v) is 12.5. The lowest BCUT2D eigenvalue weighted by Crippen LogP contribution is -2.23. The molecule has 0 amide bonds. The van der Waals surface area contributed by atoms with Gasteiger partial charge < -0.3 is 15.4 Å². The Morgan fingerprint density at radius 3 is 3.00 bits per heavy atom. The third-order valence-electron chi connectivity index (χ3n) is 3.66. The number of rotatable bonds is 5. The van der Waals surface area contributed by atoms with Gasteiger partial charge in [0.25, 0.3) is 0 Å². The fourth-order valence-electron chi connectivity index (χ4n) is 2.57. The van der Waals surface area contributed by atoms with Crippen LogP contribution in [0.1, 0.15) is 19.3 Å². The molecule has 1 aromatic rings. The molecule has 9 heteroatoms. The van der Waals surface area contributed by atoms with E-state index in [1.807, 2.05) is 0 Å². The van der Waals surface area contributed by atoms with E-state index in [2.05, 4.69) is 25.8 Å². The van der Waals surface area contributed by atoms with Gasteiger partial charge in [-0.05, 0) is 19.3 Å². The molecular formula is C12H19N5O3S. The fourth-order valence-corrected chi connectivity index (χ4v) is 4.24. The molecule has 21 heavy (non-hydrogen) atoms. The average molecular weight is 313 g/mol. The van der Waals surface area contributed by atoms with Crippen LogP contribution in [0.25, 0.3) is 0 Å². The van der Waals surface area contributed by atoms with Gasteiger partial charge in [-0.2, -0.15) is 10.1 Å². The van der Waals surface area contributed by atoms with E-state index in [1.54, 1.807) is 6.20 Å². The van der Waals surface area contributed by atoms with Crippen molar-refractivity contribution in [3.63, 3.8) is 0 Å². The largest absolute Gasteiger partial charge is 0.376 e. The predicted molar refractivity (Wildman–Crippen MR) is 78.0 cm³/mol. The molecule has 0 bridgehead atoms. The molecule has 0 aliphatic carbocycles. The summed E-state index contributed by atoms with van der Waals surface area (Å²) in [5, 5.41) is 14.0. The zero-order valence-electron chi connectivity index (χ0n) is 11.7. The van der Waals surface area contributed by atoms with Crippen LogP contribution in [0.4, 0.5) is 11.8 Å². The summed E-state index contributed by atoms with van der Waals surface area (Å²) in [5.41, 5.74) is 0. The van der Waals surface area contributed by atoms with Crippen LogP contribution in [-0.4, -0.2) is 60.4 Å². The topological polar surface area (TPSA) is 106 Å². The molecule has 2 atom stereocenters. The van der Waals surface area contributed by atoms with E-state index in [0.29, 0.717) is 24.7 Å². The predicted octanol–water partition coefficient (Wildman–Crippen LogP) is 0.0615. The number of ether oxygens (including phenoxy) is 1. The van der Waals surface area contributed by atoms with E-state index in [1.165, 1.54) is 0 Å². The molecule has 8 nitrogen and oxygen atoms in total. The molecule has 2 fully saturated rings. The summed E-state index contributed by atoms with van der Waals surface area (Å²) in [6.07, 6.45) is 4.50. The van der Waals surface area contributed by atoms with Gasteiger partial charge in [0.15, 0.2) is 15.7 Å². The van der Waals surface area contributed by atoms with Crippen LogP contribution in [0.5, 0.6) is 0 Å². The maximum atomic E-state index is 11.4. The second-order valence-electron chi connectivity index (χ2n) is 5.43. The normalized spacial score (nSPS) is 27.6. The summed E-state index contributed by atoms with van der Waals surface area (Å²) in [4.78, 5) is 4.30. The van der Waals surface area contributed by atoms with Crippen molar-refractivity contribution in [2.24, 2.45) is 0 Å². The van der Waals surface area contributed by atoms with E-state index < -0.39 is 9.84 Å². The smallest absolute Gasteiger partial charge is 0.244 e. The molecule has 2 N–H and O–H groups in total. The fraction of sp³-hybridized carbons (Fsp3) is 0.750. The number of aromatic nitrogens is 3. The van der Waals surface area contributed by atoms with Gasteiger partial charge in [0.1, 0.15) is 0 Å². The highest BCUT2D eigenvalue weighted by Gasteiger charge is 2.28. The van der Waals surface area contributed by atoms with Crippen molar-refractivity contribution < 1.29 is 13.2 Å². The number of sulfone groups is 1. The second-order valence-corrected chi connectivity index (χ2v) is 7.65. The quantitative estimate of drug-likeness (QED) is 0.786. The standard InChI is InChI=1S/C12H19N5O3S/c18-21(19)5-3-9(8-21)15-12-16-11(7-14-17-12)13-6-10-2-1-4-20-10/h7,9-10H,1-6,8H2,(H2,13,15,16,17). The Labute approximate surface area is 123 Å². The summed E-state index contributed by atoms with van der Waals surface area (Å²) in [6, 6.07) is -0.134. The highest BCUT2D eigenvalue weighted by atomic mass is 32.2. The highest BCUT2D eigenvalue weighted by Crippen LogP contribution is 2.16. The van der Waals surface area contributed by atoms with Crippen LogP contribution in [-0.2, 0) is 14.6 Å². The maximum Gasteiger partial charge on any atom is 0.244 e. The molecule has 3 rings (SSSR count). The number of hydrogen-bond acceptors (Lipinski definition) is 8. The van der Waals surface area contributed by atoms with Gasteiger partial charge in [0.05, 0.1) is 23.8 Å². The Morgan fingerprint density at radius 1 is 1.38 bits per heavy atom. The summed E-state index contributed by atoms with van der Waals surface area (Å²) in [6.45, 7) is 1.51. The molecule has 2 aliphatic heterocycles. The number of nitrogens with zero attached hydrogens (tertiary/aromatic N) is 3. The first-order valence-corrected chi connectivity index (χ1v) is 8.95. The summed E-state index contributed by atoms with van der Waals surface area (Å²) < 4.78 is 28.4. The van der Waals surface area contributed by atoms with E-state index in [9.17, 15) is 8.42 Å². The van der Waals surface area contributed by atoms with Crippen LogP contribution in [0, 0.1) is 0 Å². The van der Waals surface area contributed by atoms with Crippen molar-refractivity contribution in [2.75, 3.05) is 35.3 Å². The van der Waals surface area contributed by atoms with Gasteiger partial charge in [0.2, 0.25) is 5.95 Å². The Kier molecular flexibility index (Phi) is 4.20. The zero-order chi connectivity index (χ0) is 14.7. The average Bonchev–Trinajstić information content (AvgIpc) is 3.07. The van der Waals surface area contributed by atoms with Crippen molar-refractivity contribution in [2.45, 2.75) is 31.4 Å². The van der Waals surface area contributed by atoms with Crippen molar-refractivity contribution in [1.82, 2.24) is 15.2 Å². The molecule has 116 valence electrons.